The van der Waals surface area contributed by atoms with E-state index in [4.69, 9.17) is 0 Å². The molecular weight excluding hydrogens is 253 g/mol. The zero-order chi connectivity index (χ0) is 14.5. The van der Waals surface area contributed by atoms with E-state index in [9.17, 15) is 4.39 Å². The molecule has 1 aromatic carbocycles. The number of hydrogen-bond donors (Lipinski definition) is 2. The van der Waals surface area contributed by atoms with Crippen LogP contribution in [0.1, 0.15) is 37.3 Å². The van der Waals surface area contributed by atoms with E-state index in [0.29, 0.717) is 18.2 Å². The summed E-state index contributed by atoms with van der Waals surface area (Å²) >= 11 is 0. The summed E-state index contributed by atoms with van der Waals surface area (Å²) in [7, 11) is 1.77. The molecule has 2 rings (SSSR count). The Morgan fingerprint density at radius 2 is 2.25 bits per heavy atom. The summed E-state index contributed by atoms with van der Waals surface area (Å²) in [6.07, 6.45) is 3.74. The van der Waals surface area contributed by atoms with Crippen molar-refractivity contribution in [3.63, 3.8) is 0 Å². The second kappa shape index (κ2) is 6.73. The summed E-state index contributed by atoms with van der Waals surface area (Å²) in [6.45, 7) is 4.57. The lowest BCUT2D eigenvalue weighted by Crippen LogP contribution is -2.38. The fraction of sp³-hybridized carbons (Fsp3) is 0.562. The average molecular weight is 277 g/mol. The molecule has 1 aliphatic carbocycles. The first-order chi connectivity index (χ1) is 9.63. The SMILES string of the molecule is CCCC1CC1NC(=NC)NCc1ccc(C)c(F)c1. The maximum Gasteiger partial charge on any atom is 0.191 e. The molecule has 20 heavy (non-hydrogen) atoms. The second-order valence-electron chi connectivity index (χ2n) is 5.54. The van der Waals surface area contributed by atoms with E-state index in [-0.39, 0.29) is 5.82 Å². The maximum atomic E-state index is 13.5. The first-order valence-electron chi connectivity index (χ1n) is 7.36. The molecule has 0 amide bonds. The van der Waals surface area contributed by atoms with Crippen molar-refractivity contribution in [1.29, 1.82) is 0 Å². The van der Waals surface area contributed by atoms with Crippen LogP contribution in [-0.2, 0) is 6.54 Å². The molecule has 0 bridgehead atoms. The summed E-state index contributed by atoms with van der Waals surface area (Å²) in [5.41, 5.74) is 1.61. The Balaban J connectivity index is 1.81. The molecule has 2 atom stereocenters. The number of nitrogens with one attached hydrogen (secondary N) is 2. The lowest BCUT2D eigenvalue weighted by atomic mass is 10.1. The smallest absolute Gasteiger partial charge is 0.191 e. The normalized spacial score (nSPS) is 21.7. The Kier molecular flexibility index (Phi) is 4.99. The van der Waals surface area contributed by atoms with Gasteiger partial charge in [-0.25, -0.2) is 4.39 Å². The lowest BCUT2D eigenvalue weighted by molar-refractivity contribution is 0.615. The van der Waals surface area contributed by atoms with Gasteiger partial charge in [0.15, 0.2) is 5.96 Å². The van der Waals surface area contributed by atoms with E-state index in [1.54, 1.807) is 26.1 Å². The van der Waals surface area contributed by atoms with Crippen molar-refractivity contribution < 1.29 is 4.39 Å². The van der Waals surface area contributed by atoms with Gasteiger partial charge >= 0.3 is 0 Å². The number of aryl methyl sites for hydroxylation is 1. The van der Waals surface area contributed by atoms with Gasteiger partial charge in [0, 0.05) is 19.6 Å². The molecule has 0 aromatic heterocycles. The Hall–Kier alpha value is -1.58. The van der Waals surface area contributed by atoms with Crippen molar-refractivity contribution in [3.05, 3.63) is 35.1 Å². The van der Waals surface area contributed by atoms with Gasteiger partial charge in [-0.2, -0.15) is 0 Å². The van der Waals surface area contributed by atoms with Crippen LogP contribution in [0.25, 0.3) is 0 Å². The number of halogens is 1. The molecule has 3 nitrogen and oxygen atoms in total. The zero-order valence-electron chi connectivity index (χ0n) is 12.5. The van der Waals surface area contributed by atoms with Gasteiger partial charge in [-0.05, 0) is 42.9 Å². The quantitative estimate of drug-likeness (QED) is 0.641. The van der Waals surface area contributed by atoms with Gasteiger partial charge in [0.05, 0.1) is 0 Å². The molecule has 1 aromatic rings. The predicted octanol–water partition coefficient (Wildman–Crippen LogP) is 2.99. The third-order valence-electron chi connectivity index (χ3n) is 3.82. The molecule has 1 fully saturated rings. The lowest BCUT2D eigenvalue weighted by Gasteiger charge is -2.12. The number of nitrogens with zero attached hydrogens (tertiary/aromatic N) is 1. The maximum absolute atomic E-state index is 13.5. The standard InChI is InChI=1S/C16H24FN3/c1-4-5-13-9-15(13)20-16(18-3)19-10-12-7-6-11(2)14(17)8-12/h6-8,13,15H,4-5,9-10H2,1-3H3,(H2,18,19,20). The number of rotatable bonds is 5. The predicted molar refractivity (Wildman–Crippen MR) is 81.3 cm³/mol. The molecule has 0 radical (unpaired) electrons. The van der Waals surface area contributed by atoms with E-state index in [1.807, 2.05) is 6.07 Å². The topological polar surface area (TPSA) is 36.4 Å². The van der Waals surface area contributed by atoms with Crippen LogP contribution in [0.5, 0.6) is 0 Å². The minimum atomic E-state index is -0.155. The summed E-state index contributed by atoms with van der Waals surface area (Å²) in [4.78, 5) is 4.22. The number of benzene rings is 1. The molecule has 0 aliphatic heterocycles. The molecule has 0 spiro atoms. The van der Waals surface area contributed by atoms with Gasteiger partial charge < -0.3 is 10.6 Å². The molecule has 1 saturated carbocycles. The first-order valence-corrected chi connectivity index (χ1v) is 7.36. The summed E-state index contributed by atoms with van der Waals surface area (Å²) < 4.78 is 13.5. The van der Waals surface area contributed by atoms with Gasteiger partial charge in [-0.3, -0.25) is 4.99 Å². The Morgan fingerprint density at radius 1 is 1.45 bits per heavy atom. The highest BCUT2D eigenvalue weighted by Gasteiger charge is 2.36. The molecule has 0 heterocycles. The van der Waals surface area contributed by atoms with Crippen LogP contribution in [-0.4, -0.2) is 19.0 Å². The van der Waals surface area contributed by atoms with Crippen LogP contribution < -0.4 is 10.6 Å². The second-order valence-corrected chi connectivity index (χ2v) is 5.54. The number of guanidine groups is 1. The van der Waals surface area contributed by atoms with E-state index in [1.165, 1.54) is 19.3 Å². The third-order valence-corrected chi connectivity index (χ3v) is 3.82. The van der Waals surface area contributed by atoms with Crippen LogP contribution in [0.15, 0.2) is 23.2 Å². The molecule has 2 N–H and O–H groups in total. The van der Waals surface area contributed by atoms with Crippen LogP contribution in [0.4, 0.5) is 4.39 Å². The summed E-state index contributed by atoms with van der Waals surface area (Å²) in [5.74, 6) is 1.43. The fourth-order valence-electron chi connectivity index (χ4n) is 2.42. The Morgan fingerprint density at radius 3 is 2.90 bits per heavy atom. The molecule has 0 saturated heterocycles. The summed E-state index contributed by atoms with van der Waals surface area (Å²) in [6, 6.07) is 5.87. The van der Waals surface area contributed by atoms with Gasteiger partial charge in [-0.1, -0.05) is 25.5 Å². The van der Waals surface area contributed by atoms with E-state index in [2.05, 4.69) is 22.5 Å². The fourth-order valence-corrected chi connectivity index (χ4v) is 2.42. The monoisotopic (exact) mass is 277 g/mol. The minimum absolute atomic E-state index is 0.155. The van der Waals surface area contributed by atoms with Gasteiger partial charge in [-0.15, -0.1) is 0 Å². The van der Waals surface area contributed by atoms with Crippen molar-refractivity contribution in [2.75, 3.05) is 7.05 Å². The van der Waals surface area contributed by atoms with E-state index >= 15 is 0 Å². The van der Waals surface area contributed by atoms with Crippen molar-refractivity contribution in [2.24, 2.45) is 10.9 Å². The van der Waals surface area contributed by atoms with Crippen molar-refractivity contribution in [1.82, 2.24) is 10.6 Å². The van der Waals surface area contributed by atoms with Crippen molar-refractivity contribution in [2.45, 2.75) is 45.7 Å². The Labute approximate surface area is 120 Å². The molecule has 4 heteroatoms. The highest BCUT2D eigenvalue weighted by molar-refractivity contribution is 5.80. The molecular formula is C16H24FN3. The first kappa shape index (κ1) is 14.8. The summed E-state index contributed by atoms with van der Waals surface area (Å²) in [5, 5.41) is 6.66. The average Bonchev–Trinajstić information content (AvgIpc) is 3.17. The highest BCUT2D eigenvalue weighted by atomic mass is 19.1. The largest absolute Gasteiger partial charge is 0.353 e. The van der Waals surface area contributed by atoms with Gasteiger partial charge in [0.25, 0.3) is 0 Å². The highest BCUT2D eigenvalue weighted by Crippen LogP contribution is 2.34. The van der Waals surface area contributed by atoms with E-state index < -0.39 is 0 Å². The number of aliphatic imine (C=N–C) groups is 1. The Bertz CT molecular complexity index is 485. The number of hydrogen-bond acceptors (Lipinski definition) is 1. The van der Waals surface area contributed by atoms with Crippen LogP contribution in [0.2, 0.25) is 0 Å². The molecule has 110 valence electrons. The van der Waals surface area contributed by atoms with Crippen molar-refractivity contribution >= 4 is 5.96 Å². The molecule has 1 aliphatic rings. The van der Waals surface area contributed by atoms with Crippen LogP contribution >= 0.6 is 0 Å². The van der Waals surface area contributed by atoms with E-state index in [0.717, 1.165) is 17.4 Å². The van der Waals surface area contributed by atoms with Crippen molar-refractivity contribution in [3.8, 4) is 0 Å². The zero-order valence-corrected chi connectivity index (χ0v) is 12.5. The third kappa shape index (κ3) is 3.95. The minimum Gasteiger partial charge on any atom is -0.353 e. The van der Waals surface area contributed by atoms with Gasteiger partial charge in [0.2, 0.25) is 0 Å². The van der Waals surface area contributed by atoms with Crippen LogP contribution in [0.3, 0.4) is 0 Å². The molecule has 2 unspecified atom stereocenters. The van der Waals surface area contributed by atoms with Crippen LogP contribution in [0, 0.1) is 18.7 Å². The van der Waals surface area contributed by atoms with Gasteiger partial charge in [0.1, 0.15) is 5.82 Å².